The van der Waals surface area contributed by atoms with Crippen LogP contribution in [0.1, 0.15) is 24.5 Å². The van der Waals surface area contributed by atoms with E-state index in [0.717, 1.165) is 10.6 Å². The summed E-state index contributed by atoms with van der Waals surface area (Å²) in [6.07, 6.45) is 0.241. The Morgan fingerprint density at radius 1 is 1.24 bits per heavy atom. The highest BCUT2D eigenvalue weighted by Crippen LogP contribution is 2.35. The van der Waals surface area contributed by atoms with Crippen LogP contribution in [0.4, 0.5) is 0 Å². The van der Waals surface area contributed by atoms with E-state index in [4.69, 9.17) is 16.3 Å². The van der Waals surface area contributed by atoms with Gasteiger partial charge in [0.15, 0.2) is 12.3 Å². The molecule has 0 spiro atoms. The van der Waals surface area contributed by atoms with Crippen molar-refractivity contribution in [3.8, 4) is 5.75 Å². The number of hydrogen-bond donors (Lipinski definition) is 1. The molecule has 0 unspecified atom stereocenters. The van der Waals surface area contributed by atoms with Crippen molar-refractivity contribution >= 4 is 23.2 Å². The minimum atomic E-state index is -1.53. The van der Waals surface area contributed by atoms with Crippen molar-refractivity contribution in [2.75, 3.05) is 6.61 Å². The van der Waals surface area contributed by atoms with Gasteiger partial charge in [-0.25, -0.2) is 0 Å². The van der Waals surface area contributed by atoms with E-state index in [2.05, 4.69) is 5.10 Å². The minimum Gasteiger partial charge on any atom is -0.483 e. The topological polar surface area (TPSA) is 62.1 Å². The fraction of sp³-hybridized carbons (Fsp3) is 0.263. The molecule has 2 aromatic rings. The van der Waals surface area contributed by atoms with Crippen LogP contribution >= 0.6 is 11.6 Å². The predicted molar refractivity (Wildman–Crippen MR) is 96.6 cm³/mol. The summed E-state index contributed by atoms with van der Waals surface area (Å²) in [4.78, 5) is 12.6. The first kappa shape index (κ1) is 17.5. The Morgan fingerprint density at radius 3 is 2.60 bits per heavy atom. The molecule has 1 heterocycles. The van der Waals surface area contributed by atoms with E-state index in [1.54, 1.807) is 37.3 Å². The Balaban J connectivity index is 1.79. The fourth-order valence-corrected chi connectivity index (χ4v) is 2.97. The lowest BCUT2D eigenvalue weighted by molar-refractivity contribution is -0.159. The molecule has 0 saturated carbocycles. The highest BCUT2D eigenvalue weighted by Gasteiger charge is 2.44. The second-order valence-electron chi connectivity index (χ2n) is 6.10. The third kappa shape index (κ3) is 3.52. The Labute approximate surface area is 151 Å². The van der Waals surface area contributed by atoms with Gasteiger partial charge in [0.05, 0.1) is 0 Å². The highest BCUT2D eigenvalue weighted by atomic mass is 35.5. The van der Waals surface area contributed by atoms with E-state index in [9.17, 15) is 9.90 Å². The van der Waals surface area contributed by atoms with E-state index in [0.29, 0.717) is 22.0 Å². The lowest BCUT2D eigenvalue weighted by Gasteiger charge is -2.31. The largest absolute Gasteiger partial charge is 0.483 e. The van der Waals surface area contributed by atoms with Crippen molar-refractivity contribution in [1.29, 1.82) is 0 Å². The second kappa shape index (κ2) is 6.86. The van der Waals surface area contributed by atoms with Gasteiger partial charge in [0.2, 0.25) is 0 Å². The number of carbonyl (C=O) groups is 1. The average Bonchev–Trinajstić information content (AvgIpc) is 2.90. The maximum absolute atomic E-state index is 12.6. The summed E-state index contributed by atoms with van der Waals surface area (Å²) in [6.45, 7) is 3.47. The van der Waals surface area contributed by atoms with E-state index >= 15 is 0 Å². The summed E-state index contributed by atoms with van der Waals surface area (Å²) in [6, 6.07) is 14.2. The van der Waals surface area contributed by atoms with Crippen molar-refractivity contribution in [2.45, 2.75) is 26.0 Å². The molecule has 0 aliphatic carbocycles. The first-order valence-electron chi connectivity index (χ1n) is 7.94. The average molecular weight is 359 g/mol. The van der Waals surface area contributed by atoms with Crippen LogP contribution in [0.25, 0.3) is 0 Å². The lowest BCUT2D eigenvalue weighted by Crippen LogP contribution is -2.45. The molecule has 0 bridgehead atoms. The number of hydrogen-bond acceptors (Lipinski definition) is 4. The molecule has 0 fully saturated rings. The number of aryl methyl sites for hydroxylation is 1. The van der Waals surface area contributed by atoms with Crippen LogP contribution in [0, 0.1) is 6.92 Å². The molecule has 1 aliphatic heterocycles. The van der Waals surface area contributed by atoms with Gasteiger partial charge in [0, 0.05) is 22.7 Å². The van der Waals surface area contributed by atoms with Crippen LogP contribution in [0.2, 0.25) is 5.02 Å². The van der Waals surface area contributed by atoms with Crippen molar-refractivity contribution in [3.63, 3.8) is 0 Å². The molecule has 130 valence electrons. The monoisotopic (exact) mass is 358 g/mol. The first-order valence-corrected chi connectivity index (χ1v) is 8.32. The van der Waals surface area contributed by atoms with E-state index < -0.39 is 11.6 Å². The number of hydrazone groups is 1. The van der Waals surface area contributed by atoms with Gasteiger partial charge >= 0.3 is 0 Å². The first-order chi connectivity index (χ1) is 11.9. The molecule has 1 aliphatic rings. The number of para-hydroxylation sites is 1. The summed E-state index contributed by atoms with van der Waals surface area (Å²) in [5, 5.41) is 17.0. The zero-order valence-electron chi connectivity index (χ0n) is 14.1. The molecule has 3 rings (SSSR count). The minimum absolute atomic E-state index is 0.211. The maximum atomic E-state index is 12.6. The Morgan fingerprint density at radius 2 is 1.92 bits per heavy atom. The number of nitrogens with zero attached hydrogens (tertiary/aromatic N) is 2. The predicted octanol–water partition coefficient (Wildman–Crippen LogP) is 3.48. The zero-order chi connectivity index (χ0) is 18.0. The Bertz CT molecular complexity index is 820. The normalized spacial score (nSPS) is 19.7. The molecule has 6 heteroatoms. The van der Waals surface area contributed by atoms with Gasteiger partial charge in [-0.2, -0.15) is 10.1 Å². The SMILES string of the molecule is CC1=NN(C(=O)COc2ccccc2C)[C@@](O)(c2ccc(Cl)cc2)C1. The number of benzene rings is 2. The summed E-state index contributed by atoms with van der Waals surface area (Å²) in [7, 11) is 0. The van der Waals surface area contributed by atoms with Crippen LogP contribution in [0.15, 0.2) is 53.6 Å². The Kier molecular flexibility index (Phi) is 4.79. The lowest BCUT2D eigenvalue weighted by atomic mass is 9.98. The molecular formula is C19H19ClN2O3. The number of carbonyl (C=O) groups excluding carboxylic acids is 1. The molecular weight excluding hydrogens is 340 g/mol. The smallest absolute Gasteiger partial charge is 0.283 e. The number of rotatable bonds is 4. The fourth-order valence-electron chi connectivity index (χ4n) is 2.84. The Hall–Kier alpha value is -2.37. The molecule has 2 aromatic carbocycles. The van der Waals surface area contributed by atoms with E-state index in [1.165, 1.54) is 0 Å². The number of aliphatic hydroxyl groups is 1. The molecule has 1 amide bonds. The third-order valence-corrected chi connectivity index (χ3v) is 4.36. The molecule has 1 atom stereocenters. The standard InChI is InChI=1S/C19H19ClN2O3/c1-13-5-3-4-6-17(13)25-12-18(23)22-19(24,11-14(2)21-22)15-7-9-16(20)10-8-15/h3-10,24H,11-12H2,1-2H3/t19-/m0/s1. The molecule has 0 saturated heterocycles. The molecule has 25 heavy (non-hydrogen) atoms. The quantitative estimate of drug-likeness (QED) is 0.910. The summed E-state index contributed by atoms with van der Waals surface area (Å²) >= 11 is 5.91. The van der Waals surface area contributed by atoms with Crippen molar-refractivity contribution in [2.24, 2.45) is 5.10 Å². The number of amides is 1. The van der Waals surface area contributed by atoms with Crippen LogP contribution in [0.3, 0.4) is 0 Å². The zero-order valence-corrected chi connectivity index (χ0v) is 14.8. The number of halogens is 1. The van der Waals surface area contributed by atoms with Crippen LogP contribution < -0.4 is 4.74 Å². The van der Waals surface area contributed by atoms with Crippen molar-refractivity contribution in [3.05, 3.63) is 64.7 Å². The maximum Gasteiger partial charge on any atom is 0.283 e. The van der Waals surface area contributed by atoms with E-state index in [-0.39, 0.29) is 13.0 Å². The van der Waals surface area contributed by atoms with Crippen molar-refractivity contribution < 1.29 is 14.6 Å². The van der Waals surface area contributed by atoms with E-state index in [1.807, 2.05) is 25.1 Å². The second-order valence-corrected chi connectivity index (χ2v) is 6.53. The molecule has 5 nitrogen and oxygen atoms in total. The van der Waals surface area contributed by atoms with Gasteiger partial charge in [-0.05, 0) is 37.6 Å². The summed E-state index contributed by atoms with van der Waals surface area (Å²) in [5.74, 6) is 0.211. The van der Waals surface area contributed by atoms with Gasteiger partial charge in [-0.1, -0.05) is 41.9 Å². The third-order valence-electron chi connectivity index (χ3n) is 4.11. The van der Waals surface area contributed by atoms with Gasteiger partial charge in [0.1, 0.15) is 5.75 Å². The number of ether oxygens (including phenoxy) is 1. The van der Waals surface area contributed by atoms with Crippen LogP contribution in [-0.4, -0.2) is 28.3 Å². The van der Waals surface area contributed by atoms with Gasteiger partial charge in [-0.15, -0.1) is 0 Å². The van der Waals surface area contributed by atoms with Crippen LogP contribution in [-0.2, 0) is 10.5 Å². The van der Waals surface area contributed by atoms with Gasteiger partial charge < -0.3 is 9.84 Å². The van der Waals surface area contributed by atoms with Gasteiger partial charge in [-0.3, -0.25) is 4.79 Å². The van der Waals surface area contributed by atoms with Crippen LogP contribution in [0.5, 0.6) is 5.75 Å². The molecule has 0 radical (unpaired) electrons. The summed E-state index contributed by atoms with van der Waals surface area (Å²) in [5.41, 5.74) is 0.633. The molecule has 1 N–H and O–H groups in total. The highest BCUT2D eigenvalue weighted by molar-refractivity contribution is 6.30. The van der Waals surface area contributed by atoms with Crippen molar-refractivity contribution in [1.82, 2.24) is 5.01 Å². The van der Waals surface area contributed by atoms with Gasteiger partial charge in [0.25, 0.3) is 5.91 Å². The summed E-state index contributed by atoms with van der Waals surface area (Å²) < 4.78 is 5.60. The molecule has 0 aromatic heterocycles.